The zero-order chi connectivity index (χ0) is 13.9. The van der Waals surface area contributed by atoms with Crippen molar-refractivity contribution >= 4 is 15.5 Å². The monoisotopic (exact) mass is 282 g/mol. The quantitative estimate of drug-likeness (QED) is 0.915. The Morgan fingerprint density at radius 3 is 2.63 bits per heavy atom. The van der Waals surface area contributed by atoms with Gasteiger partial charge in [-0.1, -0.05) is 6.07 Å². The molecule has 2 rings (SSSR count). The molecule has 19 heavy (non-hydrogen) atoms. The van der Waals surface area contributed by atoms with Crippen molar-refractivity contribution in [2.24, 2.45) is 5.92 Å². The van der Waals surface area contributed by atoms with Gasteiger partial charge in [-0.3, -0.25) is 0 Å². The maximum atomic E-state index is 11.5. The number of rotatable bonds is 4. The standard InChI is InChI=1S/C14H22N2O2S/c1-16-8-6-12(7-9-16)11-15-13-4-3-5-14(10-13)19(2,17)18/h3-5,10,12,15H,6-9,11H2,1-2H3. The van der Waals surface area contributed by atoms with Crippen LogP contribution in [0.2, 0.25) is 0 Å². The van der Waals surface area contributed by atoms with Gasteiger partial charge >= 0.3 is 0 Å². The number of hydrogen-bond donors (Lipinski definition) is 1. The average molecular weight is 282 g/mol. The van der Waals surface area contributed by atoms with Crippen LogP contribution in [0.15, 0.2) is 29.2 Å². The van der Waals surface area contributed by atoms with E-state index < -0.39 is 9.84 Å². The molecule has 1 N–H and O–H groups in total. The van der Waals surface area contributed by atoms with Crippen molar-refractivity contribution in [3.05, 3.63) is 24.3 Å². The predicted octanol–water partition coefficient (Wildman–Crippen LogP) is 1.84. The van der Waals surface area contributed by atoms with E-state index in [4.69, 9.17) is 0 Å². The van der Waals surface area contributed by atoms with E-state index in [0.29, 0.717) is 10.8 Å². The number of piperidine rings is 1. The first-order chi connectivity index (χ1) is 8.95. The van der Waals surface area contributed by atoms with Gasteiger partial charge in [0, 0.05) is 18.5 Å². The molecule has 0 saturated carbocycles. The fraction of sp³-hybridized carbons (Fsp3) is 0.571. The first kappa shape index (κ1) is 14.3. The summed E-state index contributed by atoms with van der Waals surface area (Å²) in [7, 11) is -0.970. The molecule has 1 aromatic carbocycles. The molecule has 106 valence electrons. The van der Waals surface area contributed by atoms with Gasteiger partial charge in [0.05, 0.1) is 4.90 Å². The molecular weight excluding hydrogens is 260 g/mol. The molecule has 0 radical (unpaired) electrons. The zero-order valence-electron chi connectivity index (χ0n) is 11.6. The highest BCUT2D eigenvalue weighted by atomic mass is 32.2. The minimum absolute atomic E-state index is 0.376. The van der Waals surface area contributed by atoms with Gasteiger partial charge < -0.3 is 10.2 Å². The fourth-order valence-corrected chi connectivity index (χ4v) is 3.03. The third-order valence-electron chi connectivity index (χ3n) is 3.70. The second-order valence-corrected chi connectivity index (χ2v) is 7.44. The normalized spacial score (nSPS) is 18.4. The lowest BCUT2D eigenvalue weighted by Gasteiger charge is -2.29. The van der Waals surface area contributed by atoms with Gasteiger partial charge in [-0.25, -0.2) is 8.42 Å². The summed E-state index contributed by atoms with van der Waals surface area (Å²) in [4.78, 5) is 2.72. The molecule has 0 unspecified atom stereocenters. The lowest BCUT2D eigenvalue weighted by Crippen LogP contribution is -2.32. The van der Waals surface area contributed by atoms with Crippen LogP contribution >= 0.6 is 0 Å². The summed E-state index contributed by atoms with van der Waals surface area (Å²) in [6.45, 7) is 3.21. The van der Waals surface area contributed by atoms with Crippen LogP contribution in [0.4, 0.5) is 5.69 Å². The molecule has 1 fully saturated rings. The third-order valence-corrected chi connectivity index (χ3v) is 4.81. The molecule has 0 atom stereocenters. The van der Waals surface area contributed by atoms with E-state index in [-0.39, 0.29) is 0 Å². The van der Waals surface area contributed by atoms with Crippen LogP contribution in [0.5, 0.6) is 0 Å². The van der Waals surface area contributed by atoms with Crippen LogP contribution in [0.3, 0.4) is 0 Å². The highest BCUT2D eigenvalue weighted by molar-refractivity contribution is 7.90. The lowest BCUT2D eigenvalue weighted by atomic mass is 9.97. The number of benzene rings is 1. The number of sulfone groups is 1. The average Bonchev–Trinajstić information content (AvgIpc) is 2.37. The molecule has 1 heterocycles. The van der Waals surface area contributed by atoms with Crippen LogP contribution < -0.4 is 5.32 Å². The minimum Gasteiger partial charge on any atom is -0.385 e. The third kappa shape index (κ3) is 4.21. The van der Waals surface area contributed by atoms with Crippen LogP contribution in [0, 0.1) is 5.92 Å². The van der Waals surface area contributed by atoms with Crippen LogP contribution in [0.1, 0.15) is 12.8 Å². The maximum Gasteiger partial charge on any atom is 0.175 e. The van der Waals surface area contributed by atoms with E-state index in [1.165, 1.54) is 19.1 Å². The minimum atomic E-state index is -3.12. The van der Waals surface area contributed by atoms with Crippen molar-refractivity contribution in [3.63, 3.8) is 0 Å². The molecule has 4 nitrogen and oxygen atoms in total. The van der Waals surface area contributed by atoms with Crippen LogP contribution in [-0.2, 0) is 9.84 Å². The Balaban J connectivity index is 1.93. The molecule has 0 spiro atoms. The number of hydrogen-bond acceptors (Lipinski definition) is 4. The van der Waals surface area contributed by atoms with Gasteiger partial charge in [0.2, 0.25) is 0 Å². The molecular formula is C14H22N2O2S. The van der Waals surface area contributed by atoms with E-state index in [1.54, 1.807) is 18.2 Å². The highest BCUT2D eigenvalue weighted by Gasteiger charge is 2.16. The predicted molar refractivity (Wildman–Crippen MR) is 78.3 cm³/mol. The molecule has 1 aliphatic rings. The second kappa shape index (κ2) is 5.92. The van der Waals surface area contributed by atoms with Crippen molar-refractivity contribution in [2.75, 3.05) is 38.3 Å². The van der Waals surface area contributed by atoms with Crippen molar-refractivity contribution in [1.82, 2.24) is 4.90 Å². The van der Waals surface area contributed by atoms with Gasteiger partial charge in [-0.15, -0.1) is 0 Å². The lowest BCUT2D eigenvalue weighted by molar-refractivity contribution is 0.226. The smallest absolute Gasteiger partial charge is 0.175 e. The summed E-state index contributed by atoms with van der Waals surface area (Å²) in [6.07, 6.45) is 3.65. The van der Waals surface area contributed by atoms with Crippen LogP contribution in [-0.4, -0.2) is 46.3 Å². The fourth-order valence-electron chi connectivity index (χ4n) is 2.37. The summed E-state index contributed by atoms with van der Waals surface area (Å²) in [6, 6.07) is 7.05. The Bertz CT molecular complexity index is 520. The Morgan fingerprint density at radius 1 is 1.32 bits per heavy atom. The molecule has 1 saturated heterocycles. The Morgan fingerprint density at radius 2 is 2.00 bits per heavy atom. The molecule has 0 amide bonds. The molecule has 0 aromatic heterocycles. The first-order valence-electron chi connectivity index (χ1n) is 6.68. The van der Waals surface area contributed by atoms with E-state index in [9.17, 15) is 8.42 Å². The topological polar surface area (TPSA) is 49.4 Å². The number of nitrogens with one attached hydrogen (secondary N) is 1. The largest absolute Gasteiger partial charge is 0.385 e. The van der Waals surface area contributed by atoms with Gasteiger partial charge in [0.25, 0.3) is 0 Å². The van der Waals surface area contributed by atoms with Crippen molar-refractivity contribution in [2.45, 2.75) is 17.7 Å². The number of likely N-dealkylation sites (tertiary alicyclic amines) is 1. The van der Waals surface area contributed by atoms with Crippen molar-refractivity contribution in [3.8, 4) is 0 Å². The Labute approximate surface area is 115 Å². The molecule has 0 aliphatic carbocycles. The Kier molecular flexibility index (Phi) is 4.47. The molecule has 1 aromatic rings. The van der Waals surface area contributed by atoms with Gasteiger partial charge in [0.15, 0.2) is 9.84 Å². The maximum absolute atomic E-state index is 11.5. The van der Waals surface area contributed by atoms with Crippen molar-refractivity contribution in [1.29, 1.82) is 0 Å². The molecule has 1 aliphatic heterocycles. The van der Waals surface area contributed by atoms with E-state index in [2.05, 4.69) is 17.3 Å². The summed E-state index contributed by atoms with van der Waals surface area (Å²) in [5.74, 6) is 0.679. The van der Waals surface area contributed by atoms with E-state index >= 15 is 0 Å². The first-order valence-corrected chi connectivity index (χ1v) is 8.57. The summed E-state index contributed by atoms with van der Waals surface area (Å²) in [5, 5.41) is 3.36. The highest BCUT2D eigenvalue weighted by Crippen LogP contribution is 2.19. The van der Waals surface area contributed by atoms with E-state index in [0.717, 1.165) is 25.3 Å². The molecule has 5 heteroatoms. The van der Waals surface area contributed by atoms with Crippen LogP contribution in [0.25, 0.3) is 0 Å². The zero-order valence-corrected chi connectivity index (χ0v) is 12.4. The molecule has 0 bridgehead atoms. The SMILES string of the molecule is CN1CCC(CNc2cccc(S(C)(=O)=O)c2)CC1. The number of nitrogens with zero attached hydrogens (tertiary/aromatic N) is 1. The van der Waals surface area contributed by atoms with Gasteiger partial charge in [-0.05, 0) is 57.1 Å². The summed E-state index contributed by atoms with van der Waals surface area (Å²) >= 11 is 0. The van der Waals surface area contributed by atoms with E-state index in [1.807, 2.05) is 6.07 Å². The van der Waals surface area contributed by atoms with Gasteiger partial charge in [-0.2, -0.15) is 0 Å². The van der Waals surface area contributed by atoms with Crippen molar-refractivity contribution < 1.29 is 8.42 Å². The second-order valence-electron chi connectivity index (χ2n) is 5.43. The summed E-state index contributed by atoms with van der Waals surface area (Å²) in [5.41, 5.74) is 0.891. The Hall–Kier alpha value is -1.07. The summed E-state index contributed by atoms with van der Waals surface area (Å²) < 4.78 is 23.0. The number of anilines is 1. The van der Waals surface area contributed by atoms with Gasteiger partial charge in [0.1, 0.15) is 0 Å².